The number of hydrogen-bond acceptors (Lipinski definition) is 3. The quantitative estimate of drug-likeness (QED) is 0.506. The molecule has 0 saturated heterocycles. The summed E-state index contributed by atoms with van der Waals surface area (Å²) < 4.78 is 2.67. The third-order valence-corrected chi connectivity index (χ3v) is 5.03. The van der Waals surface area contributed by atoms with Crippen molar-refractivity contribution in [2.24, 2.45) is 0 Å². The summed E-state index contributed by atoms with van der Waals surface area (Å²) in [4.78, 5) is 16.9. The van der Waals surface area contributed by atoms with Crippen molar-refractivity contribution in [2.75, 3.05) is 0 Å². The minimum atomic E-state index is -0.0195. The number of Topliss-reactive ketones (excluding diaryl/α,β-unsaturated/α-hetero) is 1. The van der Waals surface area contributed by atoms with E-state index in [1.165, 1.54) is 0 Å². The Morgan fingerprint density at radius 2 is 2.13 bits per heavy atom. The Bertz CT molecular complexity index is 928. The molecule has 3 rings (SSSR count). The maximum Gasteiger partial charge on any atom is 0.160 e. The van der Waals surface area contributed by atoms with Gasteiger partial charge in [0, 0.05) is 17.3 Å². The van der Waals surface area contributed by atoms with E-state index in [2.05, 4.69) is 27.6 Å². The van der Waals surface area contributed by atoms with Crippen LogP contribution in [-0.4, -0.2) is 20.3 Å². The van der Waals surface area contributed by atoms with Crippen LogP contribution >= 0.6 is 22.6 Å². The molecule has 3 aromatic rings. The number of aryl methyl sites for hydroxylation is 2. The van der Waals surface area contributed by atoms with Crippen molar-refractivity contribution in [3.8, 4) is 17.0 Å². The second kappa shape index (κ2) is 5.96. The van der Waals surface area contributed by atoms with E-state index in [9.17, 15) is 9.90 Å². The summed E-state index contributed by atoms with van der Waals surface area (Å²) in [6.45, 7) is 5.41. The molecule has 0 fully saturated rings. The van der Waals surface area contributed by atoms with Crippen LogP contribution in [0.15, 0.2) is 30.5 Å². The Kier molecular flexibility index (Phi) is 4.14. The SMILES string of the molecule is CCc1nc2ccccn2c1-c1c(C(C)=O)cc(C)c(O)c1I. The number of ketones is 1. The van der Waals surface area contributed by atoms with Gasteiger partial charge in [-0.1, -0.05) is 13.0 Å². The highest BCUT2D eigenvalue weighted by Crippen LogP contribution is 2.39. The van der Waals surface area contributed by atoms with E-state index in [-0.39, 0.29) is 11.5 Å². The monoisotopic (exact) mass is 420 g/mol. The summed E-state index contributed by atoms with van der Waals surface area (Å²) in [5.74, 6) is 0.201. The molecule has 2 aromatic heterocycles. The lowest BCUT2D eigenvalue weighted by Gasteiger charge is -2.14. The molecule has 0 atom stereocenters. The Hall–Kier alpha value is -1.89. The fraction of sp³-hybridized carbons (Fsp3) is 0.222. The number of aromatic hydroxyl groups is 1. The summed E-state index contributed by atoms with van der Waals surface area (Å²) in [6, 6.07) is 7.58. The molecule has 23 heavy (non-hydrogen) atoms. The highest BCUT2D eigenvalue weighted by atomic mass is 127. The van der Waals surface area contributed by atoms with Gasteiger partial charge in [-0.2, -0.15) is 0 Å². The fourth-order valence-electron chi connectivity index (χ4n) is 2.83. The van der Waals surface area contributed by atoms with Gasteiger partial charge in [0.25, 0.3) is 0 Å². The number of benzene rings is 1. The molecule has 0 radical (unpaired) electrons. The number of rotatable bonds is 3. The smallest absolute Gasteiger partial charge is 0.160 e. The molecular formula is C18H17IN2O2. The minimum Gasteiger partial charge on any atom is -0.507 e. The number of hydrogen-bond donors (Lipinski definition) is 1. The lowest BCUT2D eigenvalue weighted by molar-refractivity contribution is 0.101. The first kappa shape index (κ1) is 16.0. The van der Waals surface area contributed by atoms with Crippen LogP contribution in [0.5, 0.6) is 5.75 Å². The zero-order valence-electron chi connectivity index (χ0n) is 13.2. The lowest BCUT2D eigenvalue weighted by atomic mass is 9.96. The minimum absolute atomic E-state index is 0.0195. The molecule has 0 amide bonds. The van der Waals surface area contributed by atoms with Gasteiger partial charge in [0.05, 0.1) is 15.0 Å². The van der Waals surface area contributed by atoms with Gasteiger partial charge in [-0.05, 0) is 66.6 Å². The first-order chi connectivity index (χ1) is 11.0. The summed E-state index contributed by atoms with van der Waals surface area (Å²) in [5.41, 5.74) is 4.72. The molecule has 0 saturated carbocycles. The molecule has 0 aliphatic carbocycles. The van der Waals surface area contributed by atoms with Crippen LogP contribution in [0.3, 0.4) is 0 Å². The van der Waals surface area contributed by atoms with Gasteiger partial charge in [-0.25, -0.2) is 4.98 Å². The summed E-state index contributed by atoms with van der Waals surface area (Å²) in [7, 11) is 0. The number of imidazole rings is 1. The van der Waals surface area contributed by atoms with Crippen molar-refractivity contribution in [1.29, 1.82) is 0 Å². The van der Waals surface area contributed by atoms with E-state index in [1.807, 2.05) is 42.6 Å². The van der Waals surface area contributed by atoms with Crippen molar-refractivity contribution in [2.45, 2.75) is 27.2 Å². The molecule has 0 spiro atoms. The Labute approximate surface area is 148 Å². The molecule has 1 N–H and O–H groups in total. The molecule has 0 aliphatic heterocycles. The van der Waals surface area contributed by atoms with E-state index >= 15 is 0 Å². The number of carbonyl (C=O) groups excluding carboxylic acids is 1. The van der Waals surface area contributed by atoms with E-state index in [0.717, 1.165) is 29.0 Å². The molecule has 2 heterocycles. The van der Waals surface area contributed by atoms with Crippen LogP contribution in [0.1, 0.15) is 35.5 Å². The zero-order valence-corrected chi connectivity index (χ0v) is 15.4. The van der Waals surface area contributed by atoms with Gasteiger partial charge in [-0.15, -0.1) is 0 Å². The van der Waals surface area contributed by atoms with Crippen LogP contribution in [0.25, 0.3) is 16.9 Å². The fourth-order valence-corrected chi connectivity index (χ4v) is 3.80. The number of nitrogens with zero attached hydrogens (tertiary/aromatic N) is 2. The maximum atomic E-state index is 12.2. The summed E-state index contributed by atoms with van der Waals surface area (Å²) in [6.07, 6.45) is 2.69. The second-order valence-corrected chi connectivity index (χ2v) is 6.60. The van der Waals surface area contributed by atoms with Crippen molar-refractivity contribution in [1.82, 2.24) is 9.38 Å². The third-order valence-electron chi connectivity index (χ3n) is 3.98. The number of aromatic nitrogens is 2. The van der Waals surface area contributed by atoms with Crippen molar-refractivity contribution >= 4 is 34.0 Å². The van der Waals surface area contributed by atoms with Crippen molar-refractivity contribution in [3.63, 3.8) is 0 Å². The van der Waals surface area contributed by atoms with Crippen LogP contribution in [0.2, 0.25) is 0 Å². The van der Waals surface area contributed by atoms with E-state index in [0.29, 0.717) is 14.7 Å². The molecular weight excluding hydrogens is 403 g/mol. The average molecular weight is 420 g/mol. The van der Waals surface area contributed by atoms with E-state index in [1.54, 1.807) is 13.0 Å². The van der Waals surface area contributed by atoms with Gasteiger partial charge in [0.15, 0.2) is 5.78 Å². The topological polar surface area (TPSA) is 54.6 Å². The van der Waals surface area contributed by atoms with Gasteiger partial charge in [-0.3, -0.25) is 9.20 Å². The normalized spacial score (nSPS) is 11.1. The maximum absolute atomic E-state index is 12.2. The van der Waals surface area contributed by atoms with Gasteiger partial charge in [0.2, 0.25) is 0 Å². The number of halogens is 1. The van der Waals surface area contributed by atoms with Crippen molar-refractivity contribution < 1.29 is 9.90 Å². The highest BCUT2D eigenvalue weighted by molar-refractivity contribution is 14.1. The van der Waals surface area contributed by atoms with Crippen LogP contribution < -0.4 is 0 Å². The van der Waals surface area contributed by atoms with Gasteiger partial charge in [0.1, 0.15) is 11.4 Å². The average Bonchev–Trinajstić information content (AvgIpc) is 2.90. The molecule has 5 heteroatoms. The number of pyridine rings is 1. The zero-order chi connectivity index (χ0) is 16.7. The van der Waals surface area contributed by atoms with Crippen molar-refractivity contribution in [3.05, 3.63) is 50.9 Å². The van der Waals surface area contributed by atoms with Crippen LogP contribution in [0, 0.1) is 10.5 Å². The number of carbonyl (C=O) groups is 1. The second-order valence-electron chi connectivity index (χ2n) is 5.52. The first-order valence-corrected chi connectivity index (χ1v) is 8.52. The summed E-state index contributed by atoms with van der Waals surface area (Å²) in [5, 5.41) is 10.4. The molecule has 0 bridgehead atoms. The van der Waals surface area contributed by atoms with Gasteiger partial charge < -0.3 is 5.11 Å². The molecule has 118 valence electrons. The number of phenols is 1. The lowest BCUT2D eigenvalue weighted by Crippen LogP contribution is -2.04. The number of fused-ring (bicyclic) bond motifs is 1. The Morgan fingerprint density at radius 3 is 2.78 bits per heavy atom. The largest absolute Gasteiger partial charge is 0.507 e. The predicted molar refractivity (Wildman–Crippen MR) is 99.1 cm³/mol. The molecule has 0 unspecified atom stereocenters. The molecule has 4 nitrogen and oxygen atoms in total. The summed E-state index contributed by atoms with van der Waals surface area (Å²) >= 11 is 2.11. The predicted octanol–water partition coefficient (Wildman–Crippen LogP) is 4.38. The third kappa shape index (κ3) is 2.52. The Balaban J connectivity index is 2.48. The molecule has 0 aliphatic rings. The van der Waals surface area contributed by atoms with E-state index in [4.69, 9.17) is 0 Å². The first-order valence-electron chi connectivity index (χ1n) is 7.45. The van der Waals surface area contributed by atoms with Crippen LogP contribution in [0.4, 0.5) is 0 Å². The van der Waals surface area contributed by atoms with E-state index < -0.39 is 0 Å². The standard InChI is InChI=1S/C18H17IN2O2/c1-4-13-17(21-8-6-5-7-14(21)20-13)15-12(11(3)22)9-10(2)18(23)16(15)19/h5-9,23H,4H2,1-3H3. The van der Waals surface area contributed by atoms with Crippen LogP contribution in [-0.2, 0) is 6.42 Å². The van der Waals surface area contributed by atoms with Gasteiger partial charge >= 0.3 is 0 Å². The number of phenolic OH excluding ortho intramolecular Hbond substituents is 1. The Morgan fingerprint density at radius 1 is 1.39 bits per heavy atom. The highest BCUT2D eigenvalue weighted by Gasteiger charge is 2.23. The molecule has 1 aromatic carbocycles.